The van der Waals surface area contributed by atoms with Crippen LogP contribution in [0.5, 0.6) is 0 Å². The Balaban J connectivity index is 0.0000000916. The van der Waals surface area contributed by atoms with Crippen LogP contribution in [0.3, 0.4) is 0 Å². The van der Waals surface area contributed by atoms with Gasteiger partial charge in [0.2, 0.25) is 0 Å². The maximum absolute atomic E-state index is 5.23. The zero-order chi connectivity index (χ0) is 100. The van der Waals surface area contributed by atoms with E-state index in [9.17, 15) is 0 Å². The molecule has 5 aliphatic rings. The molecule has 0 unspecified atom stereocenters. The molecule has 10 nitrogen and oxygen atoms in total. The number of hydrogen-bond acceptors (Lipinski definition) is 6. The number of fused-ring (bicyclic) bond motifs is 15. The second kappa shape index (κ2) is 32.4. The third kappa shape index (κ3) is 12.0. The summed E-state index contributed by atoms with van der Waals surface area (Å²) in [7, 11) is -8.47. The first kappa shape index (κ1) is 90.5. The fourth-order valence-electron chi connectivity index (χ4n) is 28.3. The number of thioether (sulfide) groups is 1. The van der Waals surface area contributed by atoms with Crippen molar-refractivity contribution in [2.75, 3.05) is 0 Å². The molecule has 0 fully saturated rings. The van der Waals surface area contributed by atoms with Gasteiger partial charge >= 0.3 is 0 Å². The van der Waals surface area contributed by atoms with Crippen molar-refractivity contribution in [2.45, 2.75) is 139 Å². The van der Waals surface area contributed by atoms with Gasteiger partial charge in [-0.15, -0.1) is 0 Å². The molecule has 0 saturated heterocycles. The van der Waals surface area contributed by atoms with Crippen molar-refractivity contribution < 1.29 is 0 Å². The minimum atomic E-state index is -2.53. The van der Waals surface area contributed by atoms with Gasteiger partial charge in [0.25, 0.3) is 0 Å². The van der Waals surface area contributed by atoms with Crippen LogP contribution in [-0.2, 0) is 24.9 Å². The van der Waals surface area contributed by atoms with E-state index in [0.29, 0.717) is 0 Å². The monoisotopic (exact) mass is 1980 g/mol. The van der Waals surface area contributed by atoms with Crippen LogP contribution in [0.4, 0.5) is 0 Å². The molecule has 0 atom stereocenters. The number of imidazole rings is 5. The molecule has 0 radical (unpaired) electrons. The lowest BCUT2D eigenvalue weighted by molar-refractivity contribution is 0.679. The number of pyridine rings is 5. The largest absolute Gasteiger partial charge is 0.300 e. The summed E-state index contributed by atoms with van der Waals surface area (Å²) in [4.78, 5) is 25.5. The Morgan fingerprint density at radius 2 is 0.537 bits per heavy atom. The molecular weight excluding hydrogens is 1870 g/mol. The Kier molecular flexibility index (Phi) is 20.0. The number of benzene rings is 16. The normalized spacial score (nSPS) is 16.4. The molecule has 0 N–H and O–H groups in total. The molecule has 147 heavy (non-hydrogen) atoms. The molecule has 0 amide bonds. The van der Waals surface area contributed by atoms with Crippen molar-refractivity contribution in [3.63, 3.8) is 0 Å². The maximum atomic E-state index is 5.23. The molecule has 0 bridgehead atoms. The zero-order valence-corrected chi connectivity index (χ0v) is 90.8. The summed E-state index contributed by atoms with van der Waals surface area (Å²) in [6.07, 6.45) is 2.19. The topological polar surface area (TPSA) is 86.5 Å². The van der Waals surface area contributed by atoms with Gasteiger partial charge in [0, 0.05) is 103 Å². The van der Waals surface area contributed by atoms with Gasteiger partial charge < -0.3 is 0 Å². The Morgan fingerprint density at radius 1 is 0.231 bits per heavy atom. The molecule has 16 aromatic carbocycles. The van der Waals surface area contributed by atoms with Crippen LogP contribution in [0, 0.1) is 27.7 Å². The number of nitrogens with zero attached hydrogens (tertiary/aromatic N) is 10. The number of para-hydroxylation sites is 5. The second-order valence-corrected chi connectivity index (χ2v) is 64.6. The Bertz CT molecular complexity index is 9730. The molecule has 31 rings (SSSR count). The zero-order valence-electron chi connectivity index (χ0n) is 86.0. The first-order valence-corrected chi connectivity index (χ1v) is 62.7. The molecule has 26 aromatic rings. The van der Waals surface area contributed by atoms with E-state index in [4.69, 9.17) is 24.9 Å². The minimum Gasteiger partial charge on any atom is -0.300 e. The second-order valence-electron chi connectivity index (χ2n) is 44.5. The van der Waals surface area contributed by atoms with Crippen LogP contribution in [-0.4, -0.2) is 79.2 Å². The third-order valence-corrected chi connectivity index (χ3v) is 59.2. The van der Waals surface area contributed by atoms with E-state index in [0.717, 1.165) is 39.6 Å². The highest BCUT2D eigenvalue weighted by molar-refractivity contribution is 8.00. The van der Waals surface area contributed by atoms with Gasteiger partial charge in [-0.1, -0.05) is 488 Å². The van der Waals surface area contributed by atoms with Crippen LogP contribution >= 0.6 is 11.8 Å². The summed E-state index contributed by atoms with van der Waals surface area (Å²) < 4.78 is 12.0. The number of aromatic nitrogens is 10. The van der Waals surface area contributed by atoms with Crippen molar-refractivity contribution in [3.05, 3.63) is 462 Å². The third-order valence-electron chi connectivity index (χ3n) is 35.9. The standard InChI is InChI=1S/C31H26N2Si.C30H24N2Si.C29H20N2S.2C21H22N2Si/c1-21-29-31(2,3)34(22-13-6-4-7-14-22,23-15-8-5-9-16-23)27-20-12-19-25-24-17-10-11-18-26(24)30(32-21)33(29)28(25)27;1-30(2)26-19-11-18-24-23-16-9-10-17-25(23)29-31-20-27(32(29)28(24)26)33(30,21-12-5-3-6-13-21)22-14-7-4-8-15-22;1-19-28-31-26-23(22-15-8-9-16-24(22)27(31)30-19)17-10-18-25(26)29(32-28,20-11-4-2-5-12-20)21-13-6-3-7-14-21;1-13-20-23-18-15(14-9-6-7-10-16(14)19(23)22-13)11-8-12-17(18)21(2,3)24(20,4)5;1-13-19-21(2,3)24(4,5)17-12-8-11-15-14-9-6-7-10-16(14)20(22-13)23(19)18(15)17/h4-20H,1-3H3;3-20H,1-2H3;2-18H,1H3;2*6-12H,1-5H3. The van der Waals surface area contributed by atoms with Gasteiger partial charge in [-0.3, -0.25) is 22.0 Å². The van der Waals surface area contributed by atoms with Gasteiger partial charge in [0.15, 0.2) is 16.1 Å². The van der Waals surface area contributed by atoms with Crippen molar-refractivity contribution in [2.24, 2.45) is 0 Å². The quantitative estimate of drug-likeness (QED) is 0.122. The van der Waals surface area contributed by atoms with Crippen LogP contribution in [0.1, 0.15) is 117 Å². The predicted octanol–water partition coefficient (Wildman–Crippen LogP) is 26.9. The van der Waals surface area contributed by atoms with Crippen LogP contribution in [0.15, 0.2) is 406 Å². The van der Waals surface area contributed by atoms with E-state index in [1.165, 1.54) is 201 Å². The first-order chi connectivity index (χ1) is 71.2. The molecule has 714 valence electrons. The fraction of sp³-hybridized carbons (Fsp3) is 0.159. The van der Waals surface area contributed by atoms with Crippen molar-refractivity contribution in [1.82, 2.24) is 46.9 Å². The van der Waals surface area contributed by atoms with E-state index in [2.05, 4.69) is 532 Å². The highest BCUT2D eigenvalue weighted by Gasteiger charge is 2.60. The van der Waals surface area contributed by atoms with Gasteiger partial charge in [-0.2, -0.15) is 0 Å². The summed E-state index contributed by atoms with van der Waals surface area (Å²) in [5.41, 5.74) is 26.4. The van der Waals surface area contributed by atoms with Gasteiger partial charge in [0.1, 0.15) is 41.3 Å². The molecule has 15 heterocycles. The molecular formula is C132H114N10SSi4. The summed E-state index contributed by atoms with van der Waals surface area (Å²) in [5.74, 6) is 0. The highest BCUT2D eigenvalue weighted by atomic mass is 32.2. The number of hydrogen-bond donors (Lipinski definition) is 0. The highest BCUT2D eigenvalue weighted by Crippen LogP contribution is 2.59. The smallest absolute Gasteiger partial charge is 0.181 e. The number of rotatable bonds is 6. The van der Waals surface area contributed by atoms with Crippen LogP contribution < -0.4 is 41.8 Å². The lowest BCUT2D eigenvalue weighted by atomic mass is 9.82. The minimum absolute atomic E-state index is 0.0827. The lowest BCUT2D eigenvalue weighted by Gasteiger charge is -2.49. The summed E-state index contributed by atoms with van der Waals surface area (Å²) >= 11 is 1.92. The van der Waals surface area contributed by atoms with E-state index < -0.39 is 32.3 Å². The van der Waals surface area contributed by atoms with Gasteiger partial charge in [0.05, 0.1) is 63.2 Å². The maximum Gasteiger partial charge on any atom is 0.181 e. The molecule has 10 aromatic heterocycles. The Hall–Kier alpha value is -15.2. The SMILES string of the molecule is CC1(C)c2cccc3c4ccccc4c4ncc(n4c23)[Si]1(c1ccccc1)c1ccccc1.Cc1nc2c3ccccc3c3cccc4c3n2c1C(C)(C)[Si]4(C)C.Cc1nc2c3ccccc3c3cccc4c3n2c1C(C)(C)[Si]4(c1ccccc1)c1ccccc1.Cc1nc2c3ccccc3c3cccc4c3n2c1SC4(c1ccccc1)c1ccccc1.Cc1nc2c3ccccc3c3cccc4c3n2c1[Si](C)(C)C4(C)C. The molecule has 0 saturated carbocycles. The Labute approximate surface area is 864 Å². The van der Waals surface area contributed by atoms with Crippen LogP contribution in [0.2, 0.25) is 26.2 Å². The van der Waals surface area contributed by atoms with Crippen LogP contribution in [0.25, 0.3) is 137 Å². The van der Waals surface area contributed by atoms with Crippen molar-refractivity contribution >= 4 is 222 Å². The summed E-state index contributed by atoms with van der Waals surface area (Å²) in [6, 6.07) is 145. The Morgan fingerprint density at radius 3 is 0.973 bits per heavy atom. The number of aryl methyl sites for hydroxylation is 4. The lowest BCUT2D eigenvalue weighted by Crippen LogP contribution is -2.78. The average molecular weight is 1980 g/mol. The molecule has 15 heteroatoms. The van der Waals surface area contributed by atoms with E-state index in [-0.39, 0.29) is 24.9 Å². The van der Waals surface area contributed by atoms with Crippen molar-refractivity contribution in [1.29, 1.82) is 0 Å². The van der Waals surface area contributed by atoms with Crippen molar-refractivity contribution in [3.8, 4) is 0 Å². The van der Waals surface area contributed by atoms with Gasteiger partial charge in [-0.25, -0.2) is 24.9 Å². The van der Waals surface area contributed by atoms with Gasteiger partial charge in [-0.05, 0) is 113 Å². The summed E-state index contributed by atoms with van der Waals surface area (Å²) in [6.45, 7) is 38.3. The molecule has 0 spiro atoms. The summed E-state index contributed by atoms with van der Waals surface area (Å²) in [5, 5.41) is 32.3. The predicted molar refractivity (Wildman–Crippen MR) is 630 cm³/mol. The van der Waals surface area contributed by atoms with E-state index in [1.807, 2.05) is 11.8 Å². The molecule has 5 aliphatic heterocycles. The van der Waals surface area contributed by atoms with E-state index >= 15 is 0 Å². The molecule has 0 aliphatic carbocycles. The van der Waals surface area contributed by atoms with E-state index in [1.54, 1.807) is 5.19 Å². The average Bonchev–Trinajstić information content (AvgIpc) is 1.65. The fourth-order valence-corrected chi connectivity index (χ4v) is 47.8. The first-order valence-electron chi connectivity index (χ1n) is 51.9.